The van der Waals surface area contributed by atoms with Crippen molar-refractivity contribution in [1.29, 1.82) is 0 Å². The molecule has 0 bridgehead atoms. The van der Waals surface area contributed by atoms with E-state index < -0.39 is 4.92 Å². The van der Waals surface area contributed by atoms with Gasteiger partial charge in [-0.05, 0) is 28.1 Å². The summed E-state index contributed by atoms with van der Waals surface area (Å²) in [5.41, 5.74) is 0.00576. The number of benzene rings is 1. The van der Waals surface area contributed by atoms with Gasteiger partial charge in [0.2, 0.25) is 0 Å². The Balaban J connectivity index is 3.35. The maximum Gasteiger partial charge on any atom is 0.294 e. The Hall–Kier alpha value is -1.23. The van der Waals surface area contributed by atoms with Crippen LogP contribution in [0.25, 0.3) is 0 Å². The molecule has 5 heteroatoms. The second kappa shape index (κ2) is 4.32. The lowest BCUT2D eigenvalue weighted by molar-refractivity contribution is -0.385. The first-order valence-corrected chi connectivity index (χ1v) is 4.83. The molecule has 1 rings (SSSR count). The minimum absolute atomic E-state index is 0.153. The highest BCUT2D eigenvalue weighted by Crippen LogP contribution is 2.29. The Bertz CT molecular complexity index is 390. The predicted octanol–water partition coefficient (Wildman–Crippen LogP) is 2.95. The number of carbonyl (C=O) groups is 1. The molecule has 0 N–H and O–H groups in total. The van der Waals surface area contributed by atoms with Crippen molar-refractivity contribution < 1.29 is 9.72 Å². The lowest BCUT2D eigenvalue weighted by Gasteiger charge is -2.01. The smallest absolute Gasteiger partial charge is 0.294 e. The van der Waals surface area contributed by atoms with Crippen molar-refractivity contribution in [3.05, 3.63) is 38.3 Å². The summed E-state index contributed by atoms with van der Waals surface area (Å²) in [7, 11) is 0. The van der Waals surface area contributed by atoms with Gasteiger partial charge in [0, 0.05) is 6.42 Å². The Labute approximate surface area is 89.2 Å². The van der Waals surface area contributed by atoms with Crippen LogP contribution < -0.4 is 0 Å². The fourth-order valence-corrected chi connectivity index (χ4v) is 1.63. The van der Waals surface area contributed by atoms with Crippen molar-refractivity contribution in [3.8, 4) is 0 Å². The summed E-state index contributed by atoms with van der Waals surface area (Å²) >= 11 is 3.05. The van der Waals surface area contributed by atoms with E-state index in [1.807, 2.05) is 0 Å². The summed E-state index contributed by atoms with van der Waals surface area (Å²) in [4.78, 5) is 21.5. The molecule has 0 radical (unpaired) electrons. The second-order valence-corrected chi connectivity index (χ2v) is 3.52. The first-order valence-electron chi connectivity index (χ1n) is 4.04. The Morgan fingerprint density at radius 1 is 1.57 bits per heavy atom. The first kappa shape index (κ1) is 10.8. The summed E-state index contributed by atoms with van der Waals surface area (Å²) in [6, 6.07) is 4.62. The van der Waals surface area contributed by atoms with E-state index in [2.05, 4.69) is 15.9 Å². The van der Waals surface area contributed by atoms with Crippen molar-refractivity contribution in [2.45, 2.75) is 13.3 Å². The normalized spacial score (nSPS) is 9.86. The molecule has 0 saturated heterocycles. The van der Waals surface area contributed by atoms with E-state index in [1.54, 1.807) is 19.1 Å². The molecule has 0 atom stereocenters. The van der Waals surface area contributed by atoms with E-state index in [1.165, 1.54) is 6.07 Å². The Kier molecular flexibility index (Phi) is 3.35. The van der Waals surface area contributed by atoms with Gasteiger partial charge in [0.25, 0.3) is 5.69 Å². The molecule has 4 nitrogen and oxygen atoms in total. The number of nitro benzene ring substituents is 1. The van der Waals surface area contributed by atoms with Crippen molar-refractivity contribution in [2.75, 3.05) is 0 Å². The number of nitro groups is 1. The van der Waals surface area contributed by atoms with Crippen LogP contribution >= 0.6 is 15.9 Å². The lowest BCUT2D eigenvalue weighted by atomic mass is 10.1. The highest BCUT2D eigenvalue weighted by Gasteiger charge is 2.21. The molecule has 0 aliphatic rings. The number of hydrogen-bond donors (Lipinski definition) is 0. The molecule has 0 unspecified atom stereocenters. The number of halogens is 1. The number of rotatable bonds is 3. The molecule has 0 saturated carbocycles. The molecule has 0 spiro atoms. The minimum atomic E-state index is -0.549. The van der Waals surface area contributed by atoms with Gasteiger partial charge < -0.3 is 0 Å². The molecule has 14 heavy (non-hydrogen) atoms. The molecular formula is C9H8BrNO3. The maximum absolute atomic E-state index is 11.4. The zero-order valence-electron chi connectivity index (χ0n) is 7.49. The monoisotopic (exact) mass is 257 g/mol. The van der Waals surface area contributed by atoms with Crippen molar-refractivity contribution in [2.24, 2.45) is 0 Å². The van der Waals surface area contributed by atoms with Crippen molar-refractivity contribution in [3.63, 3.8) is 0 Å². The summed E-state index contributed by atoms with van der Waals surface area (Å²) in [5.74, 6) is -0.224. The Morgan fingerprint density at radius 2 is 2.21 bits per heavy atom. The van der Waals surface area contributed by atoms with Crippen LogP contribution in [0, 0.1) is 10.1 Å². The van der Waals surface area contributed by atoms with Gasteiger partial charge in [0.1, 0.15) is 0 Å². The predicted molar refractivity (Wildman–Crippen MR) is 55.4 cm³/mol. The number of ketones is 1. The zero-order valence-corrected chi connectivity index (χ0v) is 9.08. The van der Waals surface area contributed by atoms with Gasteiger partial charge in [0.05, 0.1) is 15.0 Å². The first-order chi connectivity index (χ1) is 6.57. The number of hydrogen-bond acceptors (Lipinski definition) is 3. The molecule has 0 fully saturated rings. The van der Waals surface area contributed by atoms with Crippen LogP contribution in [0.15, 0.2) is 22.7 Å². The molecule has 0 aromatic heterocycles. The van der Waals surface area contributed by atoms with E-state index in [4.69, 9.17) is 0 Å². The third-order valence-corrected chi connectivity index (χ3v) is 2.43. The largest absolute Gasteiger partial charge is 0.294 e. The van der Waals surface area contributed by atoms with Gasteiger partial charge in [-0.1, -0.05) is 13.0 Å². The van der Waals surface area contributed by atoms with Crippen LogP contribution in [0.2, 0.25) is 0 Å². The summed E-state index contributed by atoms with van der Waals surface area (Å²) in [6.07, 6.45) is 0.261. The number of nitrogens with zero attached hydrogens (tertiary/aromatic N) is 1. The van der Waals surface area contributed by atoms with E-state index in [9.17, 15) is 14.9 Å². The third-order valence-electron chi connectivity index (χ3n) is 1.79. The van der Waals surface area contributed by atoms with Crippen LogP contribution in [0.4, 0.5) is 5.69 Å². The zero-order chi connectivity index (χ0) is 10.7. The topological polar surface area (TPSA) is 60.2 Å². The van der Waals surface area contributed by atoms with Gasteiger partial charge in [-0.25, -0.2) is 0 Å². The Morgan fingerprint density at radius 3 is 2.71 bits per heavy atom. The quantitative estimate of drug-likeness (QED) is 0.475. The maximum atomic E-state index is 11.4. The molecule has 74 valence electrons. The van der Waals surface area contributed by atoms with Gasteiger partial charge in [-0.3, -0.25) is 14.9 Å². The highest BCUT2D eigenvalue weighted by molar-refractivity contribution is 9.10. The molecule has 0 aliphatic heterocycles. The summed E-state index contributed by atoms with van der Waals surface area (Å²) in [6.45, 7) is 1.67. The molecule has 1 aromatic rings. The average molecular weight is 258 g/mol. The molecule has 1 aromatic carbocycles. The molecule has 0 heterocycles. The minimum Gasteiger partial charge on any atom is -0.294 e. The van der Waals surface area contributed by atoms with Crippen molar-refractivity contribution >= 4 is 27.4 Å². The fraction of sp³-hybridized carbons (Fsp3) is 0.222. The number of carbonyl (C=O) groups excluding carboxylic acids is 1. The molecule has 0 aliphatic carbocycles. The number of para-hydroxylation sites is 1. The SMILES string of the molecule is CCC(=O)c1cccc(Br)c1[N+](=O)[O-]. The van der Waals surface area contributed by atoms with Gasteiger partial charge >= 0.3 is 0 Å². The third kappa shape index (κ3) is 1.98. The standard InChI is InChI=1S/C9H8BrNO3/c1-2-8(12)6-4-3-5-7(10)9(6)11(13)14/h3-5H,2H2,1H3. The van der Waals surface area contributed by atoms with Crippen LogP contribution in [0.1, 0.15) is 23.7 Å². The summed E-state index contributed by atoms with van der Waals surface area (Å²) < 4.78 is 0.335. The van der Waals surface area contributed by atoms with Crippen LogP contribution in [0.5, 0.6) is 0 Å². The second-order valence-electron chi connectivity index (χ2n) is 2.67. The van der Waals surface area contributed by atoms with E-state index >= 15 is 0 Å². The average Bonchev–Trinajstić information content (AvgIpc) is 2.15. The van der Waals surface area contributed by atoms with Crippen LogP contribution in [-0.4, -0.2) is 10.7 Å². The molecular weight excluding hydrogens is 250 g/mol. The van der Waals surface area contributed by atoms with E-state index in [0.717, 1.165) is 0 Å². The van der Waals surface area contributed by atoms with Crippen LogP contribution in [-0.2, 0) is 0 Å². The van der Waals surface area contributed by atoms with Crippen LogP contribution in [0.3, 0.4) is 0 Å². The molecule has 0 amide bonds. The highest BCUT2D eigenvalue weighted by atomic mass is 79.9. The van der Waals surface area contributed by atoms with E-state index in [0.29, 0.717) is 4.47 Å². The van der Waals surface area contributed by atoms with Gasteiger partial charge in [-0.2, -0.15) is 0 Å². The van der Waals surface area contributed by atoms with Gasteiger partial charge in [0.15, 0.2) is 5.78 Å². The summed E-state index contributed by atoms with van der Waals surface area (Å²) in [5, 5.41) is 10.7. The fourth-order valence-electron chi connectivity index (χ4n) is 1.12. The lowest BCUT2D eigenvalue weighted by Crippen LogP contribution is -2.02. The number of Topliss-reactive ketones (excluding diaryl/α,β-unsaturated/α-hetero) is 1. The van der Waals surface area contributed by atoms with E-state index in [-0.39, 0.29) is 23.5 Å². The van der Waals surface area contributed by atoms with Gasteiger partial charge in [-0.15, -0.1) is 0 Å². The van der Waals surface area contributed by atoms with Crippen molar-refractivity contribution in [1.82, 2.24) is 0 Å².